The standard InChI is InChI=1S/C51H81O14P/c1-3-5-7-9-11-13-14-15-16-17-18-19-20-21-22-24-26-30-35-39-45(54)64-43(41-63-66(60,61)65-51-49(58)47(56)46(55)48(57)50(51)59)40-62-44(53)38-34-31-27-29-33-37-42(52)36-32-28-25-23-12-10-8-6-4-2/h5,7,11-13,15-16,18-19,21-23,27-29,32-33,37,42-43,46-52,55-59H,3-4,6,8-10,14,17,20,24-26,30-31,34-36,38-41H2,1-2H3,(H,60,61)/b7-5-,13-11-,16-15-,19-18-,22-21-,23-12-,29-27+,32-28-,37-33-/t42?,43-,46?,47-,48+,49-,50-,51?/m1/s1. The number of phosphoric acid groups is 1. The number of carbonyl (C=O) groups excluding carboxylic acids is 2. The number of rotatable bonds is 37. The van der Waals surface area contributed by atoms with Gasteiger partial charge in [0.15, 0.2) is 6.10 Å². The summed E-state index contributed by atoms with van der Waals surface area (Å²) in [5.41, 5.74) is 0. The molecular formula is C51H81O14P. The minimum absolute atomic E-state index is 0.0174. The van der Waals surface area contributed by atoms with E-state index in [1.54, 1.807) is 18.2 Å². The van der Waals surface area contributed by atoms with Crippen molar-refractivity contribution < 1.29 is 68.2 Å². The fourth-order valence-corrected chi connectivity index (χ4v) is 7.30. The molecule has 0 bridgehead atoms. The summed E-state index contributed by atoms with van der Waals surface area (Å²) in [5.74, 6) is -1.28. The molecule has 14 nitrogen and oxygen atoms in total. The highest BCUT2D eigenvalue weighted by molar-refractivity contribution is 7.47. The van der Waals surface area contributed by atoms with Crippen molar-refractivity contribution in [1.29, 1.82) is 0 Å². The van der Waals surface area contributed by atoms with Crippen molar-refractivity contribution in [3.8, 4) is 0 Å². The van der Waals surface area contributed by atoms with E-state index in [0.717, 1.165) is 64.2 Å². The van der Waals surface area contributed by atoms with E-state index in [1.807, 2.05) is 18.2 Å². The van der Waals surface area contributed by atoms with Gasteiger partial charge in [0, 0.05) is 12.8 Å². The molecule has 0 amide bonds. The van der Waals surface area contributed by atoms with Gasteiger partial charge in [-0.25, -0.2) is 4.57 Å². The lowest BCUT2D eigenvalue weighted by Crippen LogP contribution is -2.64. The number of aliphatic hydroxyl groups is 6. The summed E-state index contributed by atoms with van der Waals surface area (Å²) in [6, 6.07) is 0. The first kappa shape index (κ1) is 60.5. The number of phosphoric ester groups is 1. The van der Waals surface area contributed by atoms with Crippen molar-refractivity contribution in [2.75, 3.05) is 13.2 Å². The van der Waals surface area contributed by atoms with Gasteiger partial charge in [-0.1, -0.05) is 142 Å². The van der Waals surface area contributed by atoms with Crippen LogP contribution in [0.15, 0.2) is 109 Å². The van der Waals surface area contributed by atoms with Crippen LogP contribution in [-0.4, -0.2) is 110 Å². The van der Waals surface area contributed by atoms with Crippen molar-refractivity contribution in [1.82, 2.24) is 0 Å². The average molecular weight is 949 g/mol. The quantitative estimate of drug-likeness (QED) is 0.0102. The lowest BCUT2D eigenvalue weighted by Gasteiger charge is -2.41. The van der Waals surface area contributed by atoms with E-state index in [2.05, 4.69) is 86.8 Å². The van der Waals surface area contributed by atoms with Gasteiger partial charge in [-0.15, -0.1) is 0 Å². The molecule has 7 N–H and O–H groups in total. The van der Waals surface area contributed by atoms with Gasteiger partial charge in [0.05, 0.1) is 12.7 Å². The molecule has 0 spiro atoms. The average Bonchev–Trinajstić information content (AvgIpc) is 3.29. The van der Waals surface area contributed by atoms with Crippen LogP contribution in [0, 0.1) is 0 Å². The Hall–Kier alpha value is -3.53. The molecular weight excluding hydrogens is 868 g/mol. The Bertz CT molecular complexity index is 1580. The number of esters is 2. The van der Waals surface area contributed by atoms with E-state index in [9.17, 15) is 49.7 Å². The maximum Gasteiger partial charge on any atom is 0.472 e. The van der Waals surface area contributed by atoms with Crippen LogP contribution < -0.4 is 0 Å². The largest absolute Gasteiger partial charge is 0.472 e. The molecule has 0 saturated heterocycles. The van der Waals surface area contributed by atoms with Gasteiger partial charge in [-0.05, 0) is 89.9 Å². The highest BCUT2D eigenvalue weighted by Gasteiger charge is 2.51. The van der Waals surface area contributed by atoms with Gasteiger partial charge in [-0.3, -0.25) is 18.6 Å². The number of carbonyl (C=O) groups is 2. The third-order valence-corrected chi connectivity index (χ3v) is 11.2. The zero-order valence-electron chi connectivity index (χ0n) is 39.3. The van der Waals surface area contributed by atoms with Crippen molar-refractivity contribution >= 4 is 19.8 Å². The lowest BCUT2D eigenvalue weighted by atomic mass is 9.85. The first-order valence-electron chi connectivity index (χ1n) is 23.8. The first-order chi connectivity index (χ1) is 31.8. The Kier molecular flexibility index (Phi) is 36.2. The van der Waals surface area contributed by atoms with Crippen LogP contribution in [0.3, 0.4) is 0 Å². The summed E-state index contributed by atoms with van der Waals surface area (Å²) >= 11 is 0. The molecule has 0 heterocycles. The minimum atomic E-state index is -5.17. The zero-order valence-corrected chi connectivity index (χ0v) is 40.2. The van der Waals surface area contributed by atoms with Crippen molar-refractivity contribution in [2.45, 2.75) is 185 Å². The monoisotopic (exact) mass is 949 g/mol. The van der Waals surface area contributed by atoms with Gasteiger partial charge in [0.2, 0.25) is 0 Å². The van der Waals surface area contributed by atoms with E-state index in [-0.39, 0.29) is 12.8 Å². The Morgan fingerprint density at radius 2 is 1.06 bits per heavy atom. The summed E-state index contributed by atoms with van der Waals surface area (Å²) in [7, 11) is -5.17. The molecule has 66 heavy (non-hydrogen) atoms. The molecule has 15 heteroatoms. The molecule has 0 aromatic heterocycles. The normalized spacial score (nSPS) is 22.7. The Morgan fingerprint density at radius 1 is 0.561 bits per heavy atom. The van der Waals surface area contributed by atoms with Crippen molar-refractivity contribution in [3.63, 3.8) is 0 Å². The first-order valence-corrected chi connectivity index (χ1v) is 25.3. The predicted octanol–water partition coefficient (Wildman–Crippen LogP) is 8.58. The smallest absolute Gasteiger partial charge is 0.462 e. The molecule has 0 aromatic carbocycles. The van der Waals surface area contributed by atoms with E-state index >= 15 is 0 Å². The van der Waals surface area contributed by atoms with E-state index in [4.69, 9.17) is 18.5 Å². The molecule has 0 radical (unpaired) electrons. The molecule has 1 aliphatic rings. The van der Waals surface area contributed by atoms with Gasteiger partial charge < -0.3 is 45.0 Å². The highest BCUT2D eigenvalue weighted by Crippen LogP contribution is 2.47. The van der Waals surface area contributed by atoms with Gasteiger partial charge >= 0.3 is 19.8 Å². The fraction of sp³-hybridized carbons (Fsp3) is 0.608. The fourth-order valence-electron chi connectivity index (χ4n) is 6.33. The molecule has 1 saturated carbocycles. The number of allylic oxidation sites excluding steroid dienone is 16. The summed E-state index contributed by atoms with van der Waals surface area (Å²) in [6.07, 6.45) is 37.3. The van der Waals surface area contributed by atoms with Crippen LogP contribution >= 0.6 is 7.82 Å². The van der Waals surface area contributed by atoms with E-state index in [0.29, 0.717) is 25.7 Å². The van der Waals surface area contributed by atoms with Crippen LogP contribution in [0.5, 0.6) is 0 Å². The van der Waals surface area contributed by atoms with Crippen LogP contribution in [0.4, 0.5) is 0 Å². The van der Waals surface area contributed by atoms with E-state index in [1.165, 1.54) is 19.3 Å². The molecule has 0 aliphatic heterocycles. The Labute approximate surface area is 394 Å². The Morgan fingerprint density at radius 3 is 1.64 bits per heavy atom. The summed E-state index contributed by atoms with van der Waals surface area (Å²) in [5, 5.41) is 60.3. The maximum absolute atomic E-state index is 12.8. The van der Waals surface area contributed by atoms with Crippen LogP contribution in [-0.2, 0) is 32.7 Å². The number of hydrogen-bond acceptors (Lipinski definition) is 13. The second kappa shape index (κ2) is 39.5. The molecule has 9 atom stereocenters. The number of unbranched alkanes of at least 4 members (excludes halogenated alkanes) is 7. The van der Waals surface area contributed by atoms with Gasteiger partial charge in [-0.2, -0.15) is 0 Å². The molecule has 1 fully saturated rings. The summed E-state index contributed by atoms with van der Waals surface area (Å²) in [6.45, 7) is 2.99. The summed E-state index contributed by atoms with van der Waals surface area (Å²) < 4.78 is 33.4. The second-order valence-corrected chi connectivity index (χ2v) is 17.5. The SMILES string of the molecule is CC/C=C\C/C=C\C/C=C\C/C=C\C/C=C\CCCCCC(=O)O[C@H](COC(=O)CCC/C=C/C=C\C(O)C/C=C\C/C=C\CCCCC)COP(=O)(O)OC1[C@H](O)[C@H](O)C(O)[C@H](O)[C@H]1O. The van der Waals surface area contributed by atoms with Gasteiger partial charge in [0.1, 0.15) is 43.2 Å². The van der Waals surface area contributed by atoms with Crippen LogP contribution in [0.25, 0.3) is 0 Å². The predicted molar refractivity (Wildman–Crippen MR) is 259 cm³/mol. The van der Waals surface area contributed by atoms with Crippen molar-refractivity contribution in [2.24, 2.45) is 0 Å². The molecule has 374 valence electrons. The molecule has 1 rings (SSSR count). The minimum Gasteiger partial charge on any atom is -0.462 e. The third-order valence-electron chi connectivity index (χ3n) is 10.2. The van der Waals surface area contributed by atoms with Crippen molar-refractivity contribution in [3.05, 3.63) is 109 Å². The third kappa shape index (κ3) is 31.4. The number of ether oxygens (including phenoxy) is 2. The highest BCUT2D eigenvalue weighted by atomic mass is 31.2. The van der Waals surface area contributed by atoms with E-state index < -0.39 is 81.8 Å². The molecule has 4 unspecified atom stereocenters. The molecule has 0 aromatic rings. The second-order valence-electron chi connectivity index (χ2n) is 16.1. The van der Waals surface area contributed by atoms with Crippen LogP contribution in [0.2, 0.25) is 0 Å². The zero-order chi connectivity index (χ0) is 48.7. The Balaban J connectivity index is 2.56. The number of hydrogen-bond donors (Lipinski definition) is 7. The van der Waals surface area contributed by atoms with Gasteiger partial charge in [0.25, 0.3) is 0 Å². The lowest BCUT2D eigenvalue weighted by molar-refractivity contribution is -0.220. The molecule has 1 aliphatic carbocycles. The summed E-state index contributed by atoms with van der Waals surface area (Å²) in [4.78, 5) is 35.7. The topological polar surface area (TPSA) is 230 Å². The number of aliphatic hydroxyl groups excluding tert-OH is 6. The van der Waals surface area contributed by atoms with Crippen LogP contribution in [0.1, 0.15) is 136 Å². The maximum atomic E-state index is 12.8.